The first-order valence-electron chi connectivity index (χ1n) is 5.96. The second-order valence-electron chi connectivity index (χ2n) is 6.61. The van der Waals surface area contributed by atoms with Gasteiger partial charge in [-0.25, -0.2) is 0 Å². The van der Waals surface area contributed by atoms with E-state index in [0.29, 0.717) is 17.7 Å². The molecule has 0 saturated carbocycles. The Kier molecular flexibility index (Phi) is 3.59. The van der Waals surface area contributed by atoms with E-state index in [9.17, 15) is 4.79 Å². The Labute approximate surface area is 94.0 Å². The lowest BCUT2D eigenvalue weighted by molar-refractivity contribution is -0.128. The van der Waals surface area contributed by atoms with E-state index in [-0.39, 0.29) is 5.41 Å². The molecule has 1 fully saturated rings. The molecule has 0 aromatic rings. The SMILES string of the molecule is CC1(C)CCN(CC(=O)C(C)(C)C)CC1. The van der Waals surface area contributed by atoms with Gasteiger partial charge in [0.1, 0.15) is 0 Å². The number of nitrogens with zero attached hydrogens (tertiary/aromatic N) is 1. The first-order valence-corrected chi connectivity index (χ1v) is 5.96. The molecular weight excluding hydrogens is 186 g/mol. The Morgan fingerprint density at radius 3 is 2.07 bits per heavy atom. The van der Waals surface area contributed by atoms with E-state index >= 15 is 0 Å². The van der Waals surface area contributed by atoms with Gasteiger partial charge < -0.3 is 0 Å². The van der Waals surface area contributed by atoms with Crippen molar-refractivity contribution in [1.82, 2.24) is 4.90 Å². The number of carbonyl (C=O) groups is 1. The van der Waals surface area contributed by atoms with Gasteiger partial charge in [0.25, 0.3) is 0 Å². The summed E-state index contributed by atoms with van der Waals surface area (Å²) in [6.45, 7) is 13.4. The molecule has 0 aliphatic carbocycles. The van der Waals surface area contributed by atoms with Crippen molar-refractivity contribution >= 4 is 5.78 Å². The van der Waals surface area contributed by atoms with E-state index < -0.39 is 0 Å². The predicted octanol–water partition coefficient (Wildman–Crippen LogP) is 2.72. The molecule has 0 aromatic heterocycles. The highest BCUT2D eigenvalue weighted by molar-refractivity contribution is 5.85. The Morgan fingerprint density at radius 2 is 1.67 bits per heavy atom. The van der Waals surface area contributed by atoms with Gasteiger partial charge in [0.05, 0.1) is 6.54 Å². The van der Waals surface area contributed by atoms with E-state index in [0.717, 1.165) is 13.1 Å². The van der Waals surface area contributed by atoms with Gasteiger partial charge in [-0.3, -0.25) is 9.69 Å². The number of piperidine rings is 1. The molecule has 2 heteroatoms. The molecule has 0 amide bonds. The monoisotopic (exact) mass is 211 g/mol. The minimum absolute atomic E-state index is 0.188. The standard InChI is InChI=1S/C13H25NO/c1-12(2,3)11(15)10-14-8-6-13(4,5)7-9-14/h6-10H2,1-5H3. The number of carbonyl (C=O) groups excluding carboxylic acids is 1. The zero-order valence-corrected chi connectivity index (χ0v) is 10.9. The fraction of sp³-hybridized carbons (Fsp3) is 0.923. The van der Waals surface area contributed by atoms with Crippen LogP contribution in [0, 0.1) is 10.8 Å². The molecule has 1 aliphatic heterocycles. The average molecular weight is 211 g/mol. The minimum atomic E-state index is -0.188. The van der Waals surface area contributed by atoms with Crippen LogP contribution < -0.4 is 0 Å². The van der Waals surface area contributed by atoms with E-state index in [4.69, 9.17) is 0 Å². The van der Waals surface area contributed by atoms with Gasteiger partial charge in [0, 0.05) is 5.41 Å². The average Bonchev–Trinajstić information content (AvgIpc) is 2.07. The predicted molar refractivity (Wildman–Crippen MR) is 63.9 cm³/mol. The van der Waals surface area contributed by atoms with Crippen LogP contribution in [0.1, 0.15) is 47.5 Å². The van der Waals surface area contributed by atoms with Gasteiger partial charge in [-0.2, -0.15) is 0 Å². The van der Waals surface area contributed by atoms with Crippen molar-refractivity contribution in [1.29, 1.82) is 0 Å². The van der Waals surface area contributed by atoms with Crippen molar-refractivity contribution in [3.63, 3.8) is 0 Å². The molecule has 0 radical (unpaired) electrons. The summed E-state index contributed by atoms with van der Waals surface area (Å²) in [4.78, 5) is 14.2. The third-order valence-corrected chi connectivity index (χ3v) is 3.41. The van der Waals surface area contributed by atoms with Crippen molar-refractivity contribution in [3.05, 3.63) is 0 Å². The fourth-order valence-electron chi connectivity index (χ4n) is 1.76. The van der Waals surface area contributed by atoms with Gasteiger partial charge in [-0.05, 0) is 31.3 Å². The highest BCUT2D eigenvalue weighted by atomic mass is 16.1. The number of rotatable bonds is 2. The molecule has 1 rings (SSSR count). The Bertz CT molecular complexity index is 227. The second kappa shape index (κ2) is 4.25. The lowest BCUT2D eigenvalue weighted by atomic mass is 9.82. The molecule has 0 unspecified atom stereocenters. The minimum Gasteiger partial charge on any atom is -0.298 e. The molecule has 0 spiro atoms. The molecule has 1 heterocycles. The summed E-state index contributed by atoms with van der Waals surface area (Å²) in [7, 11) is 0. The van der Waals surface area contributed by atoms with E-state index in [1.54, 1.807) is 0 Å². The summed E-state index contributed by atoms with van der Waals surface area (Å²) < 4.78 is 0. The van der Waals surface area contributed by atoms with Gasteiger partial charge in [0.15, 0.2) is 5.78 Å². The maximum absolute atomic E-state index is 11.9. The number of hydrogen-bond donors (Lipinski definition) is 0. The first kappa shape index (κ1) is 12.7. The van der Waals surface area contributed by atoms with E-state index in [2.05, 4.69) is 18.7 Å². The summed E-state index contributed by atoms with van der Waals surface area (Å²) in [5, 5.41) is 0. The molecular formula is C13H25NO. The molecule has 15 heavy (non-hydrogen) atoms. The highest BCUT2D eigenvalue weighted by Crippen LogP contribution is 2.30. The lowest BCUT2D eigenvalue weighted by Crippen LogP contribution is -2.42. The molecule has 1 aliphatic rings. The van der Waals surface area contributed by atoms with Crippen LogP contribution in [0.3, 0.4) is 0 Å². The number of Topliss-reactive ketones (excluding diaryl/α,β-unsaturated/α-hetero) is 1. The number of likely N-dealkylation sites (tertiary alicyclic amines) is 1. The molecule has 0 aromatic carbocycles. The Balaban J connectivity index is 2.40. The second-order valence-corrected chi connectivity index (χ2v) is 6.61. The van der Waals surface area contributed by atoms with Gasteiger partial charge in [-0.1, -0.05) is 34.6 Å². The zero-order chi connectivity index (χ0) is 11.7. The summed E-state index contributed by atoms with van der Waals surface area (Å²) in [5.41, 5.74) is 0.286. The third-order valence-electron chi connectivity index (χ3n) is 3.41. The van der Waals surface area contributed by atoms with Crippen LogP contribution in [0.15, 0.2) is 0 Å². The molecule has 2 nitrogen and oxygen atoms in total. The summed E-state index contributed by atoms with van der Waals surface area (Å²) in [6, 6.07) is 0. The lowest BCUT2D eigenvalue weighted by Gasteiger charge is -2.37. The summed E-state index contributed by atoms with van der Waals surface area (Å²) in [5.74, 6) is 0.363. The van der Waals surface area contributed by atoms with E-state index in [1.165, 1.54) is 12.8 Å². The zero-order valence-electron chi connectivity index (χ0n) is 10.9. The van der Waals surface area contributed by atoms with Crippen LogP contribution in [0.4, 0.5) is 0 Å². The molecule has 88 valence electrons. The van der Waals surface area contributed by atoms with Crippen molar-refractivity contribution in [2.45, 2.75) is 47.5 Å². The van der Waals surface area contributed by atoms with E-state index in [1.807, 2.05) is 20.8 Å². The van der Waals surface area contributed by atoms with Crippen LogP contribution in [0.2, 0.25) is 0 Å². The normalized spacial score (nSPS) is 22.7. The van der Waals surface area contributed by atoms with Crippen LogP contribution >= 0.6 is 0 Å². The molecule has 0 bridgehead atoms. The fourth-order valence-corrected chi connectivity index (χ4v) is 1.76. The van der Waals surface area contributed by atoms with Crippen molar-refractivity contribution in [2.24, 2.45) is 10.8 Å². The van der Waals surface area contributed by atoms with Crippen molar-refractivity contribution in [3.8, 4) is 0 Å². The first-order chi connectivity index (χ1) is 6.71. The van der Waals surface area contributed by atoms with Crippen LogP contribution in [0.25, 0.3) is 0 Å². The smallest absolute Gasteiger partial charge is 0.152 e. The third kappa shape index (κ3) is 3.94. The Hall–Kier alpha value is -0.370. The van der Waals surface area contributed by atoms with Crippen LogP contribution in [0.5, 0.6) is 0 Å². The summed E-state index contributed by atoms with van der Waals surface area (Å²) in [6.07, 6.45) is 2.43. The van der Waals surface area contributed by atoms with Crippen LogP contribution in [-0.4, -0.2) is 30.3 Å². The van der Waals surface area contributed by atoms with Crippen molar-refractivity contribution < 1.29 is 4.79 Å². The largest absolute Gasteiger partial charge is 0.298 e. The van der Waals surface area contributed by atoms with Gasteiger partial charge in [0.2, 0.25) is 0 Å². The topological polar surface area (TPSA) is 20.3 Å². The van der Waals surface area contributed by atoms with Gasteiger partial charge in [-0.15, -0.1) is 0 Å². The van der Waals surface area contributed by atoms with Crippen LogP contribution in [-0.2, 0) is 4.79 Å². The Morgan fingerprint density at radius 1 is 1.20 bits per heavy atom. The van der Waals surface area contributed by atoms with Gasteiger partial charge >= 0.3 is 0 Å². The maximum Gasteiger partial charge on any atom is 0.152 e. The highest BCUT2D eigenvalue weighted by Gasteiger charge is 2.29. The quantitative estimate of drug-likeness (QED) is 0.700. The molecule has 1 saturated heterocycles. The number of ketones is 1. The molecule has 0 atom stereocenters. The molecule has 0 N–H and O–H groups in total. The summed E-state index contributed by atoms with van der Waals surface area (Å²) >= 11 is 0. The maximum atomic E-state index is 11.9. The number of hydrogen-bond acceptors (Lipinski definition) is 2. The van der Waals surface area contributed by atoms with Crippen molar-refractivity contribution in [2.75, 3.05) is 19.6 Å².